The summed E-state index contributed by atoms with van der Waals surface area (Å²) in [7, 11) is 1.65. The van der Waals surface area contributed by atoms with Crippen LogP contribution < -0.4 is 19.5 Å². The number of ether oxygens (including phenoxy) is 4. The molecule has 0 saturated carbocycles. The lowest BCUT2D eigenvalue weighted by Crippen LogP contribution is -2.47. The first kappa shape index (κ1) is 21.1. The number of hydrogen-bond donors (Lipinski definition) is 1. The second kappa shape index (κ2) is 9.38. The molecule has 3 aliphatic rings. The molecular formula is C25H30N2O5. The number of amides is 1. The third-order valence-corrected chi connectivity index (χ3v) is 6.46. The van der Waals surface area contributed by atoms with E-state index in [1.165, 1.54) is 13.0 Å². The molecule has 0 aromatic heterocycles. The number of nitrogens with zero attached hydrogens (tertiary/aromatic N) is 1. The normalized spacial score (nSPS) is 25.9. The Morgan fingerprint density at radius 3 is 2.84 bits per heavy atom. The number of carbonyl (C=O) groups excluding carboxylic acids is 1. The molecule has 170 valence electrons. The van der Waals surface area contributed by atoms with E-state index in [-0.39, 0.29) is 18.1 Å². The molecule has 7 nitrogen and oxygen atoms in total. The highest BCUT2D eigenvalue weighted by molar-refractivity contribution is 5.95. The smallest absolute Gasteiger partial charge is 0.251 e. The second-order valence-corrected chi connectivity index (χ2v) is 8.90. The molecule has 4 atom stereocenters. The first-order chi connectivity index (χ1) is 15.7. The number of carbonyl (C=O) groups is 1. The number of nitrogens with one attached hydrogen (secondary N) is 1. The van der Waals surface area contributed by atoms with Crippen molar-refractivity contribution in [2.45, 2.75) is 31.6 Å². The summed E-state index contributed by atoms with van der Waals surface area (Å²) < 4.78 is 22.9. The first-order valence-electron chi connectivity index (χ1n) is 11.3. The third kappa shape index (κ3) is 4.84. The molecule has 0 radical (unpaired) electrons. The molecule has 2 aromatic carbocycles. The fraction of sp³-hybridized carbons (Fsp3) is 0.480. The van der Waals surface area contributed by atoms with Crippen LogP contribution in [0, 0.1) is 5.92 Å². The molecule has 2 fully saturated rings. The predicted octanol–water partition coefficient (Wildman–Crippen LogP) is 2.88. The van der Waals surface area contributed by atoms with Gasteiger partial charge in [0.1, 0.15) is 12.4 Å². The van der Waals surface area contributed by atoms with Gasteiger partial charge in [-0.3, -0.25) is 4.79 Å². The van der Waals surface area contributed by atoms with Gasteiger partial charge in [0.05, 0.1) is 20.3 Å². The van der Waals surface area contributed by atoms with Crippen LogP contribution in [-0.2, 0) is 11.3 Å². The summed E-state index contributed by atoms with van der Waals surface area (Å²) in [5.41, 5.74) is 1.66. The lowest BCUT2D eigenvalue weighted by atomic mass is 9.96. The molecule has 3 aliphatic heterocycles. The van der Waals surface area contributed by atoms with Gasteiger partial charge in [-0.25, -0.2) is 0 Å². The van der Waals surface area contributed by atoms with Gasteiger partial charge in [-0.2, -0.15) is 0 Å². The highest BCUT2D eigenvalue weighted by Gasteiger charge is 2.33. The van der Waals surface area contributed by atoms with Crippen molar-refractivity contribution in [2.24, 2.45) is 5.92 Å². The zero-order chi connectivity index (χ0) is 21.9. The van der Waals surface area contributed by atoms with Gasteiger partial charge in [0.25, 0.3) is 5.91 Å². The molecule has 0 aliphatic carbocycles. The predicted molar refractivity (Wildman–Crippen MR) is 119 cm³/mol. The Hall–Kier alpha value is -2.77. The van der Waals surface area contributed by atoms with Gasteiger partial charge in [-0.15, -0.1) is 0 Å². The molecule has 5 rings (SSSR count). The average molecular weight is 439 g/mol. The van der Waals surface area contributed by atoms with Gasteiger partial charge in [0, 0.05) is 24.7 Å². The Balaban J connectivity index is 1.14. The molecule has 0 spiro atoms. The summed E-state index contributed by atoms with van der Waals surface area (Å²) in [4.78, 5) is 15.3. The fourth-order valence-electron chi connectivity index (χ4n) is 4.80. The van der Waals surface area contributed by atoms with E-state index in [1.54, 1.807) is 19.2 Å². The Bertz CT molecular complexity index is 936. The van der Waals surface area contributed by atoms with E-state index >= 15 is 0 Å². The van der Waals surface area contributed by atoms with E-state index in [1.807, 2.05) is 30.3 Å². The number of methoxy groups -OCH3 is 1. The lowest BCUT2D eigenvalue weighted by Gasteiger charge is -2.30. The summed E-state index contributed by atoms with van der Waals surface area (Å²) in [5, 5.41) is 3.20. The second-order valence-electron chi connectivity index (χ2n) is 8.90. The van der Waals surface area contributed by atoms with E-state index in [9.17, 15) is 4.79 Å². The molecule has 1 N–H and O–H groups in total. The van der Waals surface area contributed by atoms with Crippen LogP contribution in [0.25, 0.3) is 0 Å². The molecule has 1 unspecified atom stereocenters. The van der Waals surface area contributed by atoms with Crippen LogP contribution >= 0.6 is 0 Å². The van der Waals surface area contributed by atoms with Crippen LogP contribution in [0.1, 0.15) is 28.8 Å². The van der Waals surface area contributed by atoms with Crippen molar-refractivity contribution in [3.63, 3.8) is 0 Å². The minimum absolute atomic E-state index is 0.0539. The summed E-state index contributed by atoms with van der Waals surface area (Å²) in [6.07, 6.45) is 2.10. The molecule has 2 aromatic rings. The Kier molecular flexibility index (Phi) is 6.19. The van der Waals surface area contributed by atoms with E-state index < -0.39 is 0 Å². The van der Waals surface area contributed by atoms with Crippen molar-refractivity contribution in [3.05, 3.63) is 53.6 Å². The van der Waals surface area contributed by atoms with Crippen molar-refractivity contribution in [1.82, 2.24) is 10.2 Å². The number of piperidine rings is 1. The molecule has 1 amide bonds. The van der Waals surface area contributed by atoms with Crippen molar-refractivity contribution in [3.8, 4) is 17.2 Å². The molecule has 7 heteroatoms. The number of hydrogen-bond acceptors (Lipinski definition) is 6. The number of fused-ring (bicyclic) bond motifs is 3. The maximum absolute atomic E-state index is 12.8. The largest absolute Gasteiger partial charge is 0.497 e. The summed E-state index contributed by atoms with van der Waals surface area (Å²) in [5.74, 6) is 2.74. The summed E-state index contributed by atoms with van der Waals surface area (Å²) >= 11 is 0. The van der Waals surface area contributed by atoms with Gasteiger partial charge in [-0.05, 0) is 61.2 Å². The number of rotatable bonds is 7. The van der Waals surface area contributed by atoms with E-state index in [2.05, 4.69) is 10.2 Å². The van der Waals surface area contributed by atoms with Crippen LogP contribution in [0.5, 0.6) is 17.2 Å². The molecule has 32 heavy (non-hydrogen) atoms. The van der Waals surface area contributed by atoms with Crippen molar-refractivity contribution in [1.29, 1.82) is 0 Å². The topological polar surface area (TPSA) is 69.3 Å². The fourth-order valence-corrected chi connectivity index (χ4v) is 4.80. The standard InChI is InChI=1S/C25H30N2O5/c1-29-21-5-2-17(3-6-21)14-30-15-22-16-31-23-7-4-19(11-24(23)32-22)25(28)26-20-10-18-8-9-27(12-18)13-20/h2-7,11,18,20,22H,8-10,12-16H2,1H3,(H,26,28)/t18-,20-,22-/m1/s1. The van der Waals surface area contributed by atoms with Gasteiger partial charge in [0.15, 0.2) is 17.6 Å². The van der Waals surface area contributed by atoms with E-state index in [0.29, 0.717) is 42.8 Å². The van der Waals surface area contributed by atoms with Gasteiger partial charge in [0.2, 0.25) is 0 Å². The maximum Gasteiger partial charge on any atom is 0.251 e. The SMILES string of the molecule is COc1ccc(COC[C@@H]2COc3ccc(C(=O)N[C@@H]4C[C@H]5CCN(C5)C4)cc3O2)cc1. The van der Waals surface area contributed by atoms with Crippen LogP contribution in [0.3, 0.4) is 0 Å². The Morgan fingerprint density at radius 2 is 2.03 bits per heavy atom. The maximum atomic E-state index is 12.8. The Labute approximate surface area is 188 Å². The zero-order valence-electron chi connectivity index (χ0n) is 18.4. The minimum Gasteiger partial charge on any atom is -0.497 e. The molecule has 2 saturated heterocycles. The quantitative estimate of drug-likeness (QED) is 0.717. The monoisotopic (exact) mass is 438 g/mol. The van der Waals surface area contributed by atoms with Gasteiger partial charge >= 0.3 is 0 Å². The molecule has 2 bridgehead atoms. The van der Waals surface area contributed by atoms with Gasteiger partial charge < -0.3 is 29.2 Å². The summed E-state index contributed by atoms with van der Waals surface area (Å²) in [6.45, 7) is 4.59. The first-order valence-corrected chi connectivity index (χ1v) is 11.3. The van der Waals surface area contributed by atoms with Crippen molar-refractivity contribution in [2.75, 3.05) is 40.0 Å². The van der Waals surface area contributed by atoms with Crippen LogP contribution in [0.4, 0.5) is 0 Å². The molecular weight excluding hydrogens is 408 g/mol. The lowest BCUT2D eigenvalue weighted by molar-refractivity contribution is 0.00266. The van der Waals surface area contributed by atoms with Crippen LogP contribution in [0.15, 0.2) is 42.5 Å². The molecule has 3 heterocycles. The van der Waals surface area contributed by atoms with E-state index in [4.69, 9.17) is 18.9 Å². The highest BCUT2D eigenvalue weighted by atomic mass is 16.6. The van der Waals surface area contributed by atoms with Crippen LogP contribution in [0.2, 0.25) is 0 Å². The Morgan fingerprint density at radius 1 is 1.16 bits per heavy atom. The van der Waals surface area contributed by atoms with Crippen LogP contribution in [-0.4, -0.2) is 62.9 Å². The summed E-state index contributed by atoms with van der Waals surface area (Å²) in [6, 6.07) is 13.4. The highest BCUT2D eigenvalue weighted by Crippen LogP contribution is 2.33. The third-order valence-electron chi connectivity index (χ3n) is 6.46. The minimum atomic E-state index is -0.221. The average Bonchev–Trinajstić information content (AvgIpc) is 3.16. The van der Waals surface area contributed by atoms with Crippen molar-refractivity contribution < 1.29 is 23.7 Å². The zero-order valence-corrected chi connectivity index (χ0v) is 18.4. The van der Waals surface area contributed by atoms with E-state index in [0.717, 1.165) is 30.8 Å². The number of benzene rings is 2. The van der Waals surface area contributed by atoms with Gasteiger partial charge in [-0.1, -0.05) is 12.1 Å². The van der Waals surface area contributed by atoms with Crippen molar-refractivity contribution >= 4 is 5.91 Å².